The van der Waals surface area contributed by atoms with Gasteiger partial charge < -0.3 is 34.5 Å². The van der Waals surface area contributed by atoms with E-state index in [9.17, 15) is 5.11 Å². The highest BCUT2D eigenvalue weighted by Crippen LogP contribution is 2.29. The fourth-order valence-corrected chi connectivity index (χ4v) is 5.74. The lowest BCUT2D eigenvalue weighted by Crippen LogP contribution is -2.44. The Morgan fingerprint density at radius 1 is 0.388 bits per heavy atom. The van der Waals surface area contributed by atoms with Crippen LogP contribution in [0.25, 0.3) is 0 Å². The Morgan fingerprint density at radius 2 is 0.592 bits per heavy atom. The highest BCUT2D eigenvalue weighted by Gasteiger charge is 2.24. The van der Waals surface area contributed by atoms with Gasteiger partial charge in [0.2, 0.25) is 0 Å². The maximum absolute atomic E-state index is 12.1. The van der Waals surface area contributed by atoms with E-state index in [1.54, 1.807) is 0 Å². The Bertz CT molecular complexity index is 940. The minimum Gasteiger partial charge on any atom is -0.507 e. The molecule has 10 nitrogen and oxygen atoms in total. The molecule has 0 bridgehead atoms. The molecule has 0 aliphatic carbocycles. The van der Waals surface area contributed by atoms with Crippen LogP contribution in [-0.2, 0) is 19.6 Å². The molecular formula is C39H81N9O. The molecule has 0 aliphatic heterocycles. The molecule has 0 fully saturated rings. The Morgan fingerprint density at radius 3 is 0.796 bits per heavy atom. The zero-order valence-electron chi connectivity index (χ0n) is 35.5. The Kier molecular flexibility index (Phi) is 20.4. The topological polar surface area (TPSA) is 49.4 Å². The van der Waals surface area contributed by atoms with Crippen molar-refractivity contribution in [3.8, 4) is 5.75 Å². The van der Waals surface area contributed by atoms with Gasteiger partial charge in [-0.1, -0.05) is 0 Å². The first-order valence-electron chi connectivity index (χ1n) is 18.6. The smallest absolute Gasteiger partial charge is 0.124 e. The molecule has 0 amide bonds. The molecule has 6 unspecified atom stereocenters. The summed E-state index contributed by atoms with van der Waals surface area (Å²) < 4.78 is 0. The SMILES string of the molecule is CC(CN(Cc1cc(CN(CC(C)N(C)C)CC(C)N(C)C)c(O)c(CN(CC(C)N(C)C)CC(C)N(C)C)c1)CC(C)N(C)C)N(C)C. The van der Waals surface area contributed by atoms with Gasteiger partial charge in [0.05, 0.1) is 0 Å². The van der Waals surface area contributed by atoms with E-state index in [0.717, 1.165) is 56.9 Å². The van der Waals surface area contributed by atoms with Gasteiger partial charge in [0.15, 0.2) is 0 Å². The van der Waals surface area contributed by atoms with Crippen molar-refractivity contribution in [1.29, 1.82) is 0 Å². The van der Waals surface area contributed by atoms with Crippen LogP contribution < -0.4 is 0 Å². The van der Waals surface area contributed by atoms with Gasteiger partial charge in [-0.05, 0) is 144 Å². The molecule has 288 valence electrons. The summed E-state index contributed by atoms with van der Waals surface area (Å²) in [4.78, 5) is 21.5. The Balaban J connectivity index is 3.77. The third-order valence-corrected chi connectivity index (χ3v) is 10.9. The summed E-state index contributed by atoms with van der Waals surface area (Å²) in [7, 11) is 25.9. The lowest BCUT2D eigenvalue weighted by Gasteiger charge is -2.35. The summed E-state index contributed by atoms with van der Waals surface area (Å²) in [5.74, 6) is 0.457. The molecule has 1 aromatic rings. The predicted molar refractivity (Wildman–Crippen MR) is 213 cm³/mol. The Hall–Kier alpha value is -1.34. The van der Waals surface area contributed by atoms with Crippen molar-refractivity contribution in [3.63, 3.8) is 0 Å². The van der Waals surface area contributed by atoms with Crippen LogP contribution >= 0.6 is 0 Å². The van der Waals surface area contributed by atoms with Crippen LogP contribution in [0.15, 0.2) is 12.1 Å². The molecule has 1 aromatic carbocycles. The summed E-state index contributed by atoms with van der Waals surface area (Å²) in [6.07, 6.45) is 0. The first-order chi connectivity index (χ1) is 22.6. The number of likely N-dealkylation sites (N-methyl/N-ethyl adjacent to an activating group) is 6. The molecule has 6 atom stereocenters. The summed E-state index contributed by atoms with van der Waals surface area (Å²) in [6.45, 7) is 21.8. The first kappa shape index (κ1) is 45.7. The van der Waals surface area contributed by atoms with E-state index in [-0.39, 0.29) is 0 Å². The van der Waals surface area contributed by atoms with Crippen molar-refractivity contribution in [2.75, 3.05) is 124 Å². The van der Waals surface area contributed by atoms with E-state index < -0.39 is 0 Å². The highest BCUT2D eigenvalue weighted by molar-refractivity contribution is 5.44. The molecule has 1 N–H and O–H groups in total. The standard InChI is InChI=1S/C39H81N9O/c1-30(40(7)8)21-46(22-31(2)41(9)10)27-36-19-37(28-47(23-32(3)42(11)12)24-33(4)43(13)14)39(49)38(20-36)29-48(25-34(5)44(15)16)26-35(6)45(17)18/h19-20,30-35,49H,21-29H2,1-18H3. The molecule has 0 heterocycles. The van der Waals surface area contributed by atoms with Crippen LogP contribution in [0.1, 0.15) is 58.2 Å². The van der Waals surface area contributed by atoms with Crippen LogP contribution in [0.2, 0.25) is 0 Å². The van der Waals surface area contributed by atoms with Gasteiger partial charge in [0.25, 0.3) is 0 Å². The van der Waals surface area contributed by atoms with Crippen molar-refractivity contribution in [1.82, 2.24) is 44.1 Å². The van der Waals surface area contributed by atoms with Gasteiger partial charge in [0.1, 0.15) is 5.75 Å². The molecular weight excluding hydrogens is 610 g/mol. The number of nitrogens with zero attached hydrogens (tertiary/aromatic N) is 9. The molecule has 0 aliphatic rings. The summed E-state index contributed by atoms with van der Waals surface area (Å²) in [6, 6.07) is 7.03. The van der Waals surface area contributed by atoms with E-state index >= 15 is 0 Å². The summed E-state index contributed by atoms with van der Waals surface area (Å²) in [5, 5.41) is 12.1. The van der Waals surface area contributed by atoms with Crippen LogP contribution in [0, 0.1) is 0 Å². The van der Waals surface area contributed by atoms with Gasteiger partial charge in [0, 0.05) is 106 Å². The van der Waals surface area contributed by atoms with Crippen molar-refractivity contribution < 1.29 is 5.11 Å². The Labute approximate surface area is 304 Å². The minimum atomic E-state index is 0.394. The van der Waals surface area contributed by atoms with E-state index in [4.69, 9.17) is 0 Å². The van der Waals surface area contributed by atoms with Crippen molar-refractivity contribution in [2.24, 2.45) is 0 Å². The lowest BCUT2D eigenvalue weighted by molar-refractivity contribution is 0.143. The molecule has 0 saturated carbocycles. The average Bonchev–Trinajstić information content (AvgIpc) is 2.98. The van der Waals surface area contributed by atoms with Crippen molar-refractivity contribution >= 4 is 0 Å². The number of benzene rings is 1. The third kappa shape index (κ3) is 16.7. The molecule has 0 spiro atoms. The number of phenolic OH excluding ortho intramolecular Hbond substituents is 1. The number of phenols is 1. The zero-order chi connectivity index (χ0) is 37.7. The van der Waals surface area contributed by atoms with Crippen molar-refractivity contribution in [3.05, 3.63) is 28.8 Å². The highest BCUT2D eigenvalue weighted by atomic mass is 16.3. The van der Waals surface area contributed by atoms with Gasteiger partial charge in [-0.3, -0.25) is 14.7 Å². The molecule has 49 heavy (non-hydrogen) atoms. The molecule has 10 heteroatoms. The van der Waals surface area contributed by atoms with E-state index in [2.05, 4.69) is 182 Å². The van der Waals surface area contributed by atoms with E-state index in [1.165, 1.54) is 5.56 Å². The lowest BCUT2D eigenvalue weighted by atomic mass is 10.0. The normalized spacial score (nSPS) is 16.7. The predicted octanol–water partition coefficient (Wildman–Crippen LogP) is 3.50. The monoisotopic (exact) mass is 692 g/mol. The third-order valence-electron chi connectivity index (χ3n) is 10.9. The fourth-order valence-electron chi connectivity index (χ4n) is 5.74. The van der Waals surface area contributed by atoms with Gasteiger partial charge in [-0.25, -0.2) is 0 Å². The molecule has 0 radical (unpaired) electrons. The van der Waals surface area contributed by atoms with Gasteiger partial charge in [-0.15, -0.1) is 0 Å². The van der Waals surface area contributed by atoms with E-state index in [0.29, 0.717) is 55.1 Å². The second-order valence-corrected chi connectivity index (χ2v) is 16.7. The number of hydrogen-bond acceptors (Lipinski definition) is 10. The fraction of sp³-hybridized carbons (Fsp3) is 0.846. The van der Waals surface area contributed by atoms with Crippen molar-refractivity contribution in [2.45, 2.75) is 97.4 Å². The zero-order valence-corrected chi connectivity index (χ0v) is 35.5. The average molecular weight is 692 g/mol. The molecule has 0 saturated heterocycles. The van der Waals surface area contributed by atoms with Crippen LogP contribution in [0.5, 0.6) is 5.75 Å². The van der Waals surface area contributed by atoms with Crippen LogP contribution in [-0.4, -0.2) is 209 Å². The minimum absolute atomic E-state index is 0.394. The number of hydrogen-bond donors (Lipinski definition) is 1. The van der Waals surface area contributed by atoms with E-state index in [1.807, 2.05) is 0 Å². The van der Waals surface area contributed by atoms with Gasteiger partial charge in [-0.2, -0.15) is 0 Å². The summed E-state index contributed by atoms with van der Waals surface area (Å²) >= 11 is 0. The van der Waals surface area contributed by atoms with Crippen LogP contribution in [0.4, 0.5) is 0 Å². The maximum Gasteiger partial charge on any atom is 0.124 e. The number of rotatable bonds is 24. The molecule has 1 rings (SSSR count). The first-order valence-corrected chi connectivity index (χ1v) is 18.6. The van der Waals surface area contributed by atoms with Crippen LogP contribution in [0.3, 0.4) is 0 Å². The quantitative estimate of drug-likeness (QED) is 0.175. The number of aromatic hydroxyl groups is 1. The summed E-state index contributed by atoms with van der Waals surface area (Å²) in [5.41, 5.74) is 3.35. The maximum atomic E-state index is 12.1. The van der Waals surface area contributed by atoms with Gasteiger partial charge >= 0.3 is 0 Å². The second-order valence-electron chi connectivity index (χ2n) is 16.7. The largest absolute Gasteiger partial charge is 0.507 e. The second kappa shape index (κ2) is 21.9. The molecule has 0 aromatic heterocycles.